The van der Waals surface area contributed by atoms with Crippen molar-refractivity contribution in [1.82, 2.24) is 0 Å². The van der Waals surface area contributed by atoms with Crippen LogP contribution in [0.2, 0.25) is 0 Å². The SMILES string of the molecule is Nc1cc(C(=O)O)ccc1C(=O)OC(=O)[C@H](O)[C@@H](O)[C@H](O)[C@H](O)CO. The summed E-state index contributed by atoms with van der Waals surface area (Å²) in [4.78, 5) is 34.2. The number of aliphatic hydroxyl groups is 5. The summed E-state index contributed by atoms with van der Waals surface area (Å²) in [7, 11) is 0. The molecule has 0 fully saturated rings. The first kappa shape index (κ1) is 20.5. The van der Waals surface area contributed by atoms with Gasteiger partial charge in [-0.3, -0.25) is 0 Å². The van der Waals surface area contributed by atoms with E-state index in [0.29, 0.717) is 0 Å². The summed E-state index contributed by atoms with van der Waals surface area (Å²) >= 11 is 0. The molecule has 0 radical (unpaired) electrons. The predicted octanol–water partition coefficient (Wildman–Crippen LogP) is -2.91. The van der Waals surface area contributed by atoms with Gasteiger partial charge in [-0.15, -0.1) is 0 Å². The molecule has 0 saturated heterocycles. The number of aromatic carboxylic acids is 1. The number of carbonyl (C=O) groups excluding carboxylic acids is 2. The molecule has 138 valence electrons. The van der Waals surface area contributed by atoms with Gasteiger partial charge in [0, 0.05) is 5.69 Å². The summed E-state index contributed by atoms with van der Waals surface area (Å²) in [6.07, 6.45) is -8.57. The third-order valence-corrected chi connectivity index (χ3v) is 3.21. The molecule has 0 saturated carbocycles. The van der Waals surface area contributed by atoms with Crippen molar-refractivity contribution >= 4 is 23.6 Å². The van der Waals surface area contributed by atoms with Crippen molar-refractivity contribution in [3.63, 3.8) is 0 Å². The lowest BCUT2D eigenvalue weighted by Gasteiger charge is -2.24. The van der Waals surface area contributed by atoms with Gasteiger partial charge in [0.2, 0.25) is 0 Å². The minimum absolute atomic E-state index is 0.211. The van der Waals surface area contributed by atoms with Gasteiger partial charge in [0.1, 0.15) is 18.3 Å². The van der Waals surface area contributed by atoms with Crippen molar-refractivity contribution in [3.05, 3.63) is 29.3 Å². The lowest BCUT2D eigenvalue weighted by molar-refractivity contribution is -0.164. The van der Waals surface area contributed by atoms with Crippen molar-refractivity contribution in [1.29, 1.82) is 0 Å². The summed E-state index contributed by atoms with van der Waals surface area (Å²) in [6, 6.07) is 2.98. The van der Waals surface area contributed by atoms with E-state index in [1.165, 1.54) is 0 Å². The lowest BCUT2D eigenvalue weighted by atomic mass is 10.0. The zero-order valence-corrected chi connectivity index (χ0v) is 12.6. The maximum Gasteiger partial charge on any atom is 0.347 e. The molecule has 0 aromatic heterocycles. The van der Waals surface area contributed by atoms with Crippen molar-refractivity contribution in [3.8, 4) is 0 Å². The predicted molar refractivity (Wildman–Crippen MR) is 79.3 cm³/mol. The van der Waals surface area contributed by atoms with E-state index >= 15 is 0 Å². The van der Waals surface area contributed by atoms with Gasteiger partial charge in [-0.1, -0.05) is 0 Å². The standard InChI is InChI=1S/C14H17NO10/c15-7-3-5(12(21)22)1-2-6(7)13(23)25-14(24)11(20)10(19)9(18)8(17)4-16/h1-3,8-11,16-20H,4,15H2,(H,21,22)/t8-,9-,10+,11-/m1/s1. The Bertz CT molecular complexity index is 661. The number of rotatable bonds is 7. The fourth-order valence-electron chi connectivity index (χ4n) is 1.75. The molecule has 0 unspecified atom stereocenters. The van der Waals surface area contributed by atoms with Gasteiger partial charge in [-0.05, 0) is 18.2 Å². The Hall–Kier alpha value is -2.57. The number of carboxylic acids is 1. The topological polar surface area (TPSA) is 208 Å². The van der Waals surface area contributed by atoms with E-state index in [9.17, 15) is 29.7 Å². The van der Waals surface area contributed by atoms with Crippen LogP contribution >= 0.6 is 0 Å². The van der Waals surface area contributed by atoms with E-state index in [-0.39, 0.29) is 16.8 Å². The molecule has 0 bridgehead atoms. The number of esters is 2. The molecular weight excluding hydrogens is 342 g/mol. The molecule has 25 heavy (non-hydrogen) atoms. The van der Waals surface area contributed by atoms with E-state index in [1.54, 1.807) is 0 Å². The summed E-state index contributed by atoms with van der Waals surface area (Å²) < 4.78 is 4.29. The summed E-state index contributed by atoms with van der Waals surface area (Å²) in [6.45, 7) is -0.953. The van der Waals surface area contributed by atoms with Crippen molar-refractivity contribution in [2.24, 2.45) is 0 Å². The molecule has 8 N–H and O–H groups in total. The lowest BCUT2D eigenvalue weighted by Crippen LogP contribution is -2.49. The second-order valence-electron chi connectivity index (χ2n) is 4.99. The van der Waals surface area contributed by atoms with Gasteiger partial charge in [0.05, 0.1) is 17.7 Å². The molecule has 0 aliphatic rings. The number of carboxylic acid groups (broad SMARTS) is 1. The molecule has 1 aromatic carbocycles. The molecule has 1 rings (SSSR count). The second kappa shape index (κ2) is 8.50. The molecule has 1 aromatic rings. The molecule has 0 aliphatic carbocycles. The Kier molecular flexibility index (Phi) is 6.97. The summed E-state index contributed by atoms with van der Waals surface area (Å²) in [5.41, 5.74) is 4.61. The first-order chi connectivity index (χ1) is 11.6. The van der Waals surface area contributed by atoms with Gasteiger partial charge in [0.25, 0.3) is 0 Å². The van der Waals surface area contributed by atoms with E-state index in [0.717, 1.165) is 18.2 Å². The van der Waals surface area contributed by atoms with Crippen LogP contribution in [0.4, 0.5) is 5.69 Å². The first-order valence-corrected chi connectivity index (χ1v) is 6.82. The van der Waals surface area contributed by atoms with Crippen molar-refractivity contribution in [2.75, 3.05) is 12.3 Å². The van der Waals surface area contributed by atoms with Crippen LogP contribution in [0.1, 0.15) is 20.7 Å². The zero-order chi connectivity index (χ0) is 19.3. The van der Waals surface area contributed by atoms with Crippen LogP contribution in [0, 0.1) is 0 Å². The Morgan fingerprint density at radius 2 is 1.68 bits per heavy atom. The molecule has 0 amide bonds. The quantitative estimate of drug-likeness (QED) is 0.149. The fourth-order valence-corrected chi connectivity index (χ4v) is 1.75. The average Bonchev–Trinajstić information content (AvgIpc) is 2.58. The highest BCUT2D eigenvalue weighted by Gasteiger charge is 2.36. The van der Waals surface area contributed by atoms with Gasteiger partial charge < -0.3 is 41.1 Å². The van der Waals surface area contributed by atoms with E-state index in [1.807, 2.05) is 0 Å². The second-order valence-corrected chi connectivity index (χ2v) is 4.99. The number of hydrogen-bond donors (Lipinski definition) is 7. The number of carbonyl (C=O) groups is 3. The minimum atomic E-state index is -2.40. The normalized spacial score (nSPS) is 15.7. The smallest absolute Gasteiger partial charge is 0.347 e. The van der Waals surface area contributed by atoms with E-state index in [2.05, 4.69) is 4.74 Å². The van der Waals surface area contributed by atoms with Crippen LogP contribution in [-0.2, 0) is 9.53 Å². The van der Waals surface area contributed by atoms with Crippen LogP contribution in [0.3, 0.4) is 0 Å². The number of anilines is 1. The van der Waals surface area contributed by atoms with Gasteiger partial charge >= 0.3 is 17.9 Å². The van der Waals surface area contributed by atoms with Gasteiger partial charge in [-0.2, -0.15) is 0 Å². The number of aliphatic hydroxyl groups excluding tert-OH is 5. The molecule has 0 spiro atoms. The van der Waals surface area contributed by atoms with Crippen LogP contribution in [0.25, 0.3) is 0 Å². The molecular formula is C14H17NO10. The third kappa shape index (κ3) is 4.95. The summed E-state index contributed by atoms with van der Waals surface area (Å²) in [5, 5.41) is 55.0. The minimum Gasteiger partial charge on any atom is -0.478 e. The van der Waals surface area contributed by atoms with Gasteiger partial charge in [0.15, 0.2) is 6.10 Å². The molecule has 4 atom stereocenters. The highest BCUT2D eigenvalue weighted by atomic mass is 16.6. The Morgan fingerprint density at radius 3 is 2.16 bits per heavy atom. The molecule has 0 heterocycles. The largest absolute Gasteiger partial charge is 0.478 e. The molecule has 11 nitrogen and oxygen atoms in total. The molecule has 0 aliphatic heterocycles. The maximum absolute atomic E-state index is 11.8. The zero-order valence-electron chi connectivity index (χ0n) is 12.6. The fraction of sp³-hybridized carbons (Fsp3) is 0.357. The highest BCUT2D eigenvalue weighted by Crippen LogP contribution is 2.16. The van der Waals surface area contributed by atoms with Crippen LogP contribution < -0.4 is 5.73 Å². The monoisotopic (exact) mass is 359 g/mol. The number of ether oxygens (including phenoxy) is 1. The van der Waals surface area contributed by atoms with Crippen LogP contribution in [-0.4, -0.2) is 79.6 Å². The molecule has 11 heteroatoms. The average molecular weight is 359 g/mol. The summed E-state index contributed by atoms with van der Waals surface area (Å²) in [5.74, 6) is -4.27. The van der Waals surface area contributed by atoms with Crippen molar-refractivity contribution < 1.29 is 49.8 Å². The number of benzene rings is 1. The first-order valence-electron chi connectivity index (χ1n) is 6.82. The third-order valence-electron chi connectivity index (χ3n) is 3.21. The highest BCUT2D eigenvalue weighted by molar-refractivity contribution is 6.02. The number of nitrogens with two attached hydrogens (primary N) is 1. The Balaban J connectivity index is 2.82. The Morgan fingerprint density at radius 1 is 1.08 bits per heavy atom. The van der Waals surface area contributed by atoms with Gasteiger partial charge in [-0.25, -0.2) is 14.4 Å². The van der Waals surface area contributed by atoms with Crippen LogP contribution in [0.15, 0.2) is 18.2 Å². The van der Waals surface area contributed by atoms with Crippen molar-refractivity contribution in [2.45, 2.75) is 24.4 Å². The Labute approximate surface area is 140 Å². The number of nitrogen functional groups attached to an aromatic ring is 1. The van der Waals surface area contributed by atoms with E-state index < -0.39 is 48.9 Å². The van der Waals surface area contributed by atoms with Crippen LogP contribution in [0.5, 0.6) is 0 Å². The maximum atomic E-state index is 11.8. The number of hydrogen-bond acceptors (Lipinski definition) is 10. The van der Waals surface area contributed by atoms with E-state index in [4.69, 9.17) is 21.1 Å².